The second-order valence-electron chi connectivity index (χ2n) is 12.8. The first-order chi connectivity index (χ1) is 26.2. The molecule has 5 aromatic carbocycles. The summed E-state index contributed by atoms with van der Waals surface area (Å²) in [4.78, 5) is 17.4. The Bertz CT molecular complexity index is 2470. The van der Waals surface area contributed by atoms with E-state index in [9.17, 15) is 18.0 Å². The molecule has 266 valence electrons. The van der Waals surface area contributed by atoms with Crippen molar-refractivity contribution in [3.63, 3.8) is 0 Å². The highest BCUT2D eigenvalue weighted by Crippen LogP contribution is 2.41. The molecule has 0 aliphatic rings. The Kier molecular flexibility index (Phi) is 8.87. The Hall–Kier alpha value is -6.81. The van der Waals surface area contributed by atoms with Crippen molar-refractivity contribution in [2.45, 2.75) is 18.3 Å². The van der Waals surface area contributed by atoms with Crippen molar-refractivity contribution >= 4 is 11.6 Å². The SMILES string of the molecule is O=C(NCc1ccc(C(F)(F)F)cc1)c1ccc(-c2cnc3ccc(-c4cnn(C(c5ccccc5)(c5ccccc5)c5ccccc5)c4)cn23)cc1F. The summed E-state index contributed by atoms with van der Waals surface area (Å²) in [5.74, 6) is -1.43. The first-order valence-corrected chi connectivity index (χ1v) is 17.2. The van der Waals surface area contributed by atoms with E-state index in [4.69, 9.17) is 5.10 Å². The van der Waals surface area contributed by atoms with Gasteiger partial charge in [-0.05, 0) is 58.7 Å². The number of benzene rings is 5. The number of carbonyl (C=O) groups is 1. The van der Waals surface area contributed by atoms with E-state index >= 15 is 4.39 Å². The number of hydrogen-bond donors (Lipinski definition) is 1. The van der Waals surface area contributed by atoms with Gasteiger partial charge in [0, 0.05) is 35.6 Å². The maximum absolute atomic E-state index is 15.5. The molecule has 0 unspecified atom stereocenters. The van der Waals surface area contributed by atoms with E-state index < -0.39 is 29.0 Å². The number of rotatable bonds is 9. The molecular formula is C44H31F4N5O. The van der Waals surface area contributed by atoms with Crippen molar-refractivity contribution in [1.82, 2.24) is 24.5 Å². The van der Waals surface area contributed by atoms with Crippen LogP contribution in [0.5, 0.6) is 0 Å². The maximum atomic E-state index is 15.5. The average Bonchev–Trinajstić information content (AvgIpc) is 3.87. The minimum absolute atomic E-state index is 0.0616. The summed E-state index contributed by atoms with van der Waals surface area (Å²) in [5.41, 5.74) is 5.30. The lowest BCUT2D eigenvalue weighted by Crippen LogP contribution is -2.38. The van der Waals surface area contributed by atoms with E-state index in [1.165, 1.54) is 24.3 Å². The molecule has 8 aromatic rings. The lowest BCUT2D eigenvalue weighted by Gasteiger charge is -2.36. The van der Waals surface area contributed by atoms with Crippen molar-refractivity contribution in [2.24, 2.45) is 0 Å². The van der Waals surface area contributed by atoms with Gasteiger partial charge >= 0.3 is 6.18 Å². The van der Waals surface area contributed by atoms with Crippen LogP contribution in [0.1, 0.15) is 38.2 Å². The lowest BCUT2D eigenvalue weighted by molar-refractivity contribution is -0.137. The Morgan fingerprint density at radius 1 is 0.630 bits per heavy atom. The maximum Gasteiger partial charge on any atom is 0.416 e. The predicted molar refractivity (Wildman–Crippen MR) is 199 cm³/mol. The smallest absolute Gasteiger partial charge is 0.348 e. The number of pyridine rings is 1. The molecule has 0 aliphatic carbocycles. The van der Waals surface area contributed by atoms with Gasteiger partial charge in [-0.1, -0.05) is 109 Å². The molecule has 3 aromatic heterocycles. The van der Waals surface area contributed by atoms with Crippen LogP contribution < -0.4 is 5.32 Å². The third-order valence-electron chi connectivity index (χ3n) is 9.58. The number of fused-ring (bicyclic) bond motifs is 1. The van der Waals surface area contributed by atoms with Crippen molar-refractivity contribution in [2.75, 3.05) is 0 Å². The molecule has 0 atom stereocenters. The minimum atomic E-state index is -4.46. The van der Waals surface area contributed by atoms with Crippen LogP contribution in [0.25, 0.3) is 28.0 Å². The van der Waals surface area contributed by atoms with Crippen LogP contribution in [0.15, 0.2) is 170 Å². The molecule has 0 aliphatic heterocycles. The first kappa shape index (κ1) is 34.3. The van der Waals surface area contributed by atoms with E-state index in [1.807, 2.05) is 94.4 Å². The molecule has 10 heteroatoms. The van der Waals surface area contributed by atoms with Crippen molar-refractivity contribution < 1.29 is 22.4 Å². The number of halogens is 4. The molecule has 0 fully saturated rings. The quantitative estimate of drug-likeness (QED) is 0.119. The fourth-order valence-electron chi connectivity index (χ4n) is 6.90. The van der Waals surface area contributed by atoms with Gasteiger partial charge in [0.15, 0.2) is 0 Å². The summed E-state index contributed by atoms with van der Waals surface area (Å²) in [6.45, 7) is -0.0616. The molecule has 6 nitrogen and oxygen atoms in total. The van der Waals surface area contributed by atoms with Crippen molar-refractivity contribution in [3.05, 3.63) is 210 Å². The third kappa shape index (κ3) is 6.32. The molecule has 0 saturated carbocycles. The van der Waals surface area contributed by atoms with E-state index in [0.29, 0.717) is 22.5 Å². The van der Waals surface area contributed by atoms with Crippen LogP contribution in [-0.4, -0.2) is 25.1 Å². The van der Waals surface area contributed by atoms with E-state index in [1.54, 1.807) is 12.3 Å². The number of nitrogens with one attached hydrogen (secondary N) is 1. The average molecular weight is 722 g/mol. The number of hydrogen-bond acceptors (Lipinski definition) is 3. The number of nitrogens with zero attached hydrogens (tertiary/aromatic N) is 4. The van der Waals surface area contributed by atoms with Gasteiger partial charge in [0.05, 0.1) is 29.2 Å². The van der Waals surface area contributed by atoms with E-state index in [-0.39, 0.29) is 12.1 Å². The lowest BCUT2D eigenvalue weighted by atomic mass is 9.77. The highest BCUT2D eigenvalue weighted by atomic mass is 19.4. The normalized spacial score (nSPS) is 11.9. The van der Waals surface area contributed by atoms with Crippen LogP contribution in [0.2, 0.25) is 0 Å². The van der Waals surface area contributed by atoms with Crippen LogP contribution in [0, 0.1) is 5.82 Å². The van der Waals surface area contributed by atoms with Crippen LogP contribution in [-0.2, 0) is 18.3 Å². The van der Waals surface area contributed by atoms with Gasteiger partial charge < -0.3 is 5.32 Å². The fourth-order valence-corrected chi connectivity index (χ4v) is 6.90. The Morgan fingerprint density at radius 2 is 1.22 bits per heavy atom. The molecule has 3 heterocycles. The Morgan fingerprint density at radius 3 is 1.80 bits per heavy atom. The summed E-state index contributed by atoms with van der Waals surface area (Å²) in [6.07, 6.45) is 2.98. The summed E-state index contributed by atoms with van der Waals surface area (Å²) < 4.78 is 58.0. The van der Waals surface area contributed by atoms with Crippen LogP contribution in [0.4, 0.5) is 17.6 Å². The van der Waals surface area contributed by atoms with E-state index in [0.717, 1.165) is 39.9 Å². The van der Waals surface area contributed by atoms with Crippen molar-refractivity contribution in [1.29, 1.82) is 0 Å². The standard InChI is InChI=1S/C44H31F4N5O/c45-39-24-31(18-22-38(39)42(54)50-25-30-16-20-37(21-17-30)44(46,47)48)40-27-49-41-23-19-32(28-52(40)41)33-26-51-53(29-33)43(34-10-4-1-5-11-34,35-12-6-2-7-13-35)36-14-8-3-9-15-36/h1-24,26-29H,25H2,(H,50,54). The summed E-state index contributed by atoms with van der Waals surface area (Å²) in [6, 6.07) is 43.4. The number of alkyl halides is 3. The monoisotopic (exact) mass is 721 g/mol. The Balaban J connectivity index is 1.11. The molecule has 0 saturated heterocycles. The minimum Gasteiger partial charge on any atom is -0.348 e. The molecule has 0 bridgehead atoms. The molecule has 0 spiro atoms. The van der Waals surface area contributed by atoms with Gasteiger partial charge in [-0.2, -0.15) is 18.3 Å². The number of amides is 1. The first-order valence-electron chi connectivity index (χ1n) is 17.2. The van der Waals surface area contributed by atoms with Gasteiger partial charge in [0.25, 0.3) is 5.91 Å². The summed E-state index contributed by atoms with van der Waals surface area (Å²) in [5, 5.41) is 7.57. The second-order valence-corrected chi connectivity index (χ2v) is 12.8. The van der Waals surface area contributed by atoms with Crippen LogP contribution >= 0.6 is 0 Å². The number of aromatic nitrogens is 4. The molecule has 8 rings (SSSR count). The van der Waals surface area contributed by atoms with Crippen LogP contribution in [0.3, 0.4) is 0 Å². The topological polar surface area (TPSA) is 64.2 Å². The molecule has 54 heavy (non-hydrogen) atoms. The molecular weight excluding hydrogens is 691 g/mol. The van der Waals surface area contributed by atoms with E-state index in [2.05, 4.69) is 46.7 Å². The van der Waals surface area contributed by atoms with Gasteiger partial charge in [-0.25, -0.2) is 9.37 Å². The highest BCUT2D eigenvalue weighted by Gasteiger charge is 2.39. The van der Waals surface area contributed by atoms with Gasteiger partial charge in [-0.15, -0.1) is 0 Å². The van der Waals surface area contributed by atoms with Gasteiger partial charge in [0.1, 0.15) is 17.0 Å². The largest absolute Gasteiger partial charge is 0.416 e. The summed E-state index contributed by atoms with van der Waals surface area (Å²) >= 11 is 0. The van der Waals surface area contributed by atoms with Gasteiger partial charge in [-0.3, -0.25) is 13.9 Å². The van der Waals surface area contributed by atoms with Crippen molar-refractivity contribution in [3.8, 4) is 22.4 Å². The highest BCUT2D eigenvalue weighted by molar-refractivity contribution is 5.95. The summed E-state index contributed by atoms with van der Waals surface area (Å²) in [7, 11) is 0. The molecule has 1 N–H and O–H groups in total. The van der Waals surface area contributed by atoms with Gasteiger partial charge in [0.2, 0.25) is 0 Å². The number of carbonyl (C=O) groups excluding carboxylic acids is 1. The zero-order chi connectivity index (χ0) is 37.3. The Labute approximate surface area is 308 Å². The fraction of sp³-hybridized carbons (Fsp3) is 0.0682. The molecule has 1 amide bonds. The predicted octanol–water partition coefficient (Wildman–Crippen LogP) is 9.79. The number of imidazole rings is 1. The third-order valence-corrected chi connectivity index (χ3v) is 9.58. The molecule has 0 radical (unpaired) electrons. The second kappa shape index (κ2) is 14.0. The zero-order valence-corrected chi connectivity index (χ0v) is 28.6. The zero-order valence-electron chi connectivity index (χ0n) is 28.6.